The van der Waals surface area contributed by atoms with Crippen LogP contribution in [0.2, 0.25) is 0 Å². The van der Waals surface area contributed by atoms with E-state index in [4.69, 9.17) is 4.74 Å². The molecule has 0 bridgehead atoms. The van der Waals surface area contributed by atoms with Crippen LogP contribution in [0.1, 0.15) is 95.8 Å². The van der Waals surface area contributed by atoms with Gasteiger partial charge in [0.05, 0.1) is 31.0 Å². The Kier molecular flexibility index (Phi) is 12.6. The molecule has 4 aliphatic heterocycles. The molecule has 1 aliphatic carbocycles. The number of carbonyl (C=O) groups is 5. The third kappa shape index (κ3) is 8.73. The number of H-pyrrole nitrogens is 1. The number of aromatic nitrogens is 4. The van der Waals surface area contributed by atoms with Crippen molar-refractivity contribution in [3.05, 3.63) is 89.0 Å². The Balaban J connectivity index is 0.000000166. The first-order valence-electron chi connectivity index (χ1n) is 22.7. The van der Waals surface area contributed by atoms with Crippen molar-refractivity contribution in [2.45, 2.75) is 77.3 Å². The van der Waals surface area contributed by atoms with Gasteiger partial charge in [0.2, 0.25) is 17.7 Å². The van der Waals surface area contributed by atoms with Crippen molar-refractivity contribution in [2.24, 2.45) is 5.92 Å². The molecule has 3 fully saturated rings. The first kappa shape index (κ1) is 44.5. The molecular formula is C48H54F2N10O6. The third-order valence-electron chi connectivity index (χ3n) is 13.7. The fourth-order valence-corrected chi connectivity index (χ4v) is 10.0. The molecular weight excluding hydrogens is 851 g/mol. The Bertz CT molecular complexity index is 2690. The van der Waals surface area contributed by atoms with Gasteiger partial charge < -0.3 is 23.8 Å². The minimum absolute atomic E-state index is 0.00631. The number of pyridine rings is 1. The molecule has 1 saturated carbocycles. The smallest absolute Gasteiger partial charge is 0.264 e. The highest BCUT2D eigenvalue weighted by Crippen LogP contribution is 2.41. The minimum Gasteiger partial charge on any atom is -0.495 e. The predicted molar refractivity (Wildman–Crippen MR) is 242 cm³/mol. The number of hydrogen-bond donors (Lipinski definition) is 2. The van der Waals surface area contributed by atoms with Crippen LogP contribution in [-0.2, 0) is 27.3 Å². The fourth-order valence-electron chi connectivity index (χ4n) is 10.0. The van der Waals surface area contributed by atoms with E-state index in [9.17, 15) is 32.8 Å². The summed E-state index contributed by atoms with van der Waals surface area (Å²) in [6, 6.07) is 11.1. The van der Waals surface area contributed by atoms with Gasteiger partial charge in [0.25, 0.3) is 18.2 Å². The van der Waals surface area contributed by atoms with Crippen molar-refractivity contribution in [1.29, 1.82) is 0 Å². The van der Waals surface area contributed by atoms with Gasteiger partial charge in [-0.25, -0.2) is 13.8 Å². The van der Waals surface area contributed by atoms with Crippen LogP contribution >= 0.6 is 0 Å². The Morgan fingerprint density at radius 1 is 0.894 bits per heavy atom. The number of amides is 5. The Hall–Kier alpha value is -6.69. The molecule has 5 aromatic rings. The lowest BCUT2D eigenvalue weighted by Gasteiger charge is -2.38. The van der Waals surface area contributed by atoms with Crippen LogP contribution in [0.3, 0.4) is 0 Å². The van der Waals surface area contributed by atoms with Gasteiger partial charge in [-0.15, -0.1) is 0 Å². The molecule has 2 aromatic carbocycles. The summed E-state index contributed by atoms with van der Waals surface area (Å²) in [5, 5.41) is 9.69. The summed E-state index contributed by atoms with van der Waals surface area (Å²) in [5.41, 5.74) is 5.48. The number of nitrogens with one attached hydrogen (secondary N) is 2. The Morgan fingerprint density at radius 2 is 1.65 bits per heavy atom. The van der Waals surface area contributed by atoms with Gasteiger partial charge in [-0.1, -0.05) is 25.3 Å². The number of methoxy groups -OCH3 is 1. The molecule has 2 saturated heterocycles. The maximum Gasteiger partial charge on any atom is 0.264 e. The number of imide groups is 2. The molecule has 0 spiro atoms. The number of aromatic amines is 1. The highest BCUT2D eigenvalue weighted by molar-refractivity contribution is 6.23. The van der Waals surface area contributed by atoms with E-state index in [1.165, 1.54) is 58.7 Å². The third-order valence-corrected chi connectivity index (χ3v) is 13.7. The zero-order chi connectivity index (χ0) is 46.2. The first-order chi connectivity index (χ1) is 31.9. The van der Waals surface area contributed by atoms with Gasteiger partial charge in [-0.3, -0.25) is 44.2 Å². The topological polar surface area (TPSA) is 169 Å². The van der Waals surface area contributed by atoms with E-state index in [1.54, 1.807) is 70.2 Å². The first-order valence-corrected chi connectivity index (χ1v) is 22.7. The molecule has 5 amide bonds. The normalized spacial score (nSPS) is 19.2. The van der Waals surface area contributed by atoms with E-state index in [-0.39, 0.29) is 30.2 Å². The van der Waals surface area contributed by atoms with Gasteiger partial charge in [-0.2, -0.15) is 5.10 Å². The largest absolute Gasteiger partial charge is 0.495 e. The van der Waals surface area contributed by atoms with Crippen LogP contribution in [0.25, 0.3) is 16.8 Å². The minimum atomic E-state index is -2.70. The van der Waals surface area contributed by atoms with Gasteiger partial charge in [-0.05, 0) is 67.1 Å². The predicted octanol–water partition coefficient (Wildman–Crippen LogP) is 6.13. The number of benzene rings is 2. The molecule has 2 N–H and O–H groups in total. The number of carbonyl (C=O) groups excluding carboxylic acids is 5. The van der Waals surface area contributed by atoms with Gasteiger partial charge >= 0.3 is 0 Å². The number of anilines is 3. The Morgan fingerprint density at radius 3 is 2.38 bits per heavy atom. The summed E-state index contributed by atoms with van der Waals surface area (Å²) < 4.78 is 35.8. The standard InChI is InChI=1S/C24H24F2N6O2.C24H30N4O4/c1-14(33)31-8-6-20-19(12-31)24(29-28-20)30(2)15-4-5-16(18(10-15)23(25)26)17-11-22-27-7-9-32(22)13-21(17)34-3;29-21-9-8-20(22(30)25-21)28-23(31)18-7-6-17(14-19(18)24(28)32)27-12-10-26(11-13-27)15-16-4-2-1-3-5-16/h4-5,7,9-11,13,23H,6,8,12H2,1-3H3,(H,28,29);6-7,14,16,20H,1-5,8-13,15H2,(H,25,29,30). The molecule has 3 aromatic heterocycles. The van der Waals surface area contributed by atoms with Crippen molar-refractivity contribution >= 4 is 52.4 Å². The monoisotopic (exact) mass is 904 g/mol. The lowest BCUT2D eigenvalue weighted by atomic mass is 9.89. The maximum absolute atomic E-state index is 14.3. The molecule has 1 atom stereocenters. The van der Waals surface area contributed by atoms with Crippen molar-refractivity contribution in [1.82, 2.24) is 39.6 Å². The molecule has 7 heterocycles. The molecule has 66 heavy (non-hydrogen) atoms. The van der Waals surface area contributed by atoms with Crippen LogP contribution in [-0.4, -0.2) is 123 Å². The molecule has 18 heteroatoms. The Labute approximate surface area is 380 Å². The number of imidazole rings is 1. The molecule has 346 valence electrons. The van der Waals surface area contributed by atoms with Crippen molar-refractivity contribution in [2.75, 3.05) is 63.2 Å². The average molecular weight is 905 g/mol. The highest BCUT2D eigenvalue weighted by atomic mass is 19.3. The van der Waals surface area contributed by atoms with Gasteiger partial charge in [0, 0.05) is 112 Å². The highest BCUT2D eigenvalue weighted by Gasteiger charge is 2.45. The van der Waals surface area contributed by atoms with Crippen LogP contribution in [0.15, 0.2) is 61.1 Å². The molecule has 1 unspecified atom stereocenters. The summed E-state index contributed by atoms with van der Waals surface area (Å²) in [4.78, 5) is 75.1. The van der Waals surface area contributed by atoms with E-state index in [0.717, 1.165) is 53.9 Å². The number of alkyl halides is 2. The zero-order valence-electron chi connectivity index (χ0n) is 37.4. The van der Waals surface area contributed by atoms with Gasteiger partial charge in [0.15, 0.2) is 5.82 Å². The summed E-state index contributed by atoms with van der Waals surface area (Å²) in [6.07, 6.45) is 10.2. The second-order valence-electron chi connectivity index (χ2n) is 17.7. The second-order valence-corrected chi connectivity index (χ2v) is 17.7. The van der Waals surface area contributed by atoms with Crippen molar-refractivity contribution < 1.29 is 37.5 Å². The summed E-state index contributed by atoms with van der Waals surface area (Å²) in [7, 11) is 3.29. The number of piperidine rings is 1. The van der Waals surface area contributed by atoms with Crippen molar-refractivity contribution in [3.8, 4) is 16.9 Å². The van der Waals surface area contributed by atoms with Crippen LogP contribution in [0.4, 0.5) is 26.0 Å². The number of nitrogens with zero attached hydrogens (tertiary/aromatic N) is 8. The van der Waals surface area contributed by atoms with E-state index in [2.05, 4.69) is 30.3 Å². The lowest BCUT2D eigenvalue weighted by molar-refractivity contribution is -0.136. The van der Waals surface area contributed by atoms with Crippen LogP contribution in [0, 0.1) is 5.92 Å². The van der Waals surface area contributed by atoms with E-state index >= 15 is 0 Å². The number of fused-ring (bicyclic) bond motifs is 3. The number of piperazine rings is 1. The van der Waals surface area contributed by atoms with E-state index in [0.29, 0.717) is 64.7 Å². The summed E-state index contributed by atoms with van der Waals surface area (Å²) in [5.74, 6) is 0.0633. The van der Waals surface area contributed by atoms with Gasteiger partial charge in [0.1, 0.15) is 17.4 Å². The fraction of sp³-hybridized carbons (Fsp3) is 0.438. The number of hydrogen-bond acceptors (Lipinski definition) is 11. The molecule has 5 aliphatic rings. The molecule has 10 rings (SSSR count). The molecule has 0 radical (unpaired) electrons. The summed E-state index contributed by atoms with van der Waals surface area (Å²) >= 11 is 0. The second kappa shape index (κ2) is 18.7. The SMILES string of the molecule is COc1cn2ccnc2cc1-c1ccc(N(C)c2n[nH]c3c2CN(C(C)=O)CC3)cc1C(F)F.O=C1CCC(N2C(=O)c3ccc(N4CCN(CC5CCCCC5)CC4)cc3C2=O)C(=O)N1. The van der Waals surface area contributed by atoms with E-state index < -0.39 is 30.2 Å². The van der Waals surface area contributed by atoms with E-state index in [1.807, 2.05) is 6.07 Å². The van der Waals surface area contributed by atoms with Crippen LogP contribution in [0.5, 0.6) is 5.75 Å². The average Bonchev–Trinajstić information content (AvgIpc) is 4.04. The quantitative estimate of drug-likeness (QED) is 0.163. The number of rotatable bonds is 9. The lowest BCUT2D eigenvalue weighted by Crippen LogP contribution is -2.54. The number of ether oxygens (including phenoxy) is 1. The molecule has 16 nitrogen and oxygen atoms in total. The van der Waals surface area contributed by atoms with Crippen LogP contribution < -0.4 is 19.9 Å². The summed E-state index contributed by atoms with van der Waals surface area (Å²) in [6.45, 7) is 7.58. The maximum atomic E-state index is 14.3. The number of halogens is 2. The zero-order valence-corrected chi connectivity index (χ0v) is 37.4. The van der Waals surface area contributed by atoms with Crippen molar-refractivity contribution in [3.63, 3.8) is 0 Å².